The zero-order valence-electron chi connectivity index (χ0n) is 10.4. The van der Waals surface area contributed by atoms with Crippen LogP contribution in [-0.4, -0.2) is 21.8 Å². The highest BCUT2D eigenvalue weighted by molar-refractivity contribution is 6.08. The molecule has 5 heteroatoms. The number of aromatic nitrogens is 1. The number of H-pyrrole nitrogens is 1. The van der Waals surface area contributed by atoms with E-state index in [1.165, 1.54) is 0 Å². The van der Waals surface area contributed by atoms with Crippen LogP contribution in [0.15, 0.2) is 22.8 Å². The quantitative estimate of drug-likeness (QED) is 0.868. The molecule has 2 aromatic rings. The Kier molecular flexibility index (Phi) is 2.55. The summed E-state index contributed by atoms with van der Waals surface area (Å²) in [5.74, 6) is -0.443. The topological polar surface area (TPSA) is 83.3 Å². The minimum Gasteiger partial charge on any atom is -0.478 e. The number of aromatic amines is 1. The fourth-order valence-corrected chi connectivity index (χ4v) is 2.79. The summed E-state index contributed by atoms with van der Waals surface area (Å²) < 4.78 is 5.34. The molecule has 3 rings (SSSR count). The Morgan fingerprint density at radius 2 is 2.26 bits per heavy atom. The molecule has 0 spiro atoms. The molecule has 0 bridgehead atoms. The zero-order chi connectivity index (χ0) is 13.6. The lowest BCUT2D eigenvalue weighted by Crippen LogP contribution is -2.19. The van der Waals surface area contributed by atoms with E-state index in [2.05, 4.69) is 4.98 Å². The van der Waals surface area contributed by atoms with Crippen molar-refractivity contribution < 1.29 is 19.1 Å². The SMILES string of the molecule is Cc1[nH]c2c(c1C(=O)O)C(=O)C[C@H](c1ccco1)C2. The summed E-state index contributed by atoms with van der Waals surface area (Å²) >= 11 is 0. The van der Waals surface area contributed by atoms with Crippen molar-refractivity contribution in [1.82, 2.24) is 4.98 Å². The van der Waals surface area contributed by atoms with Crippen molar-refractivity contribution in [3.63, 3.8) is 0 Å². The van der Waals surface area contributed by atoms with E-state index in [9.17, 15) is 14.7 Å². The Bertz CT molecular complexity index is 651. The normalized spacial score (nSPS) is 18.4. The van der Waals surface area contributed by atoms with Gasteiger partial charge in [-0.15, -0.1) is 0 Å². The third-order valence-electron chi connectivity index (χ3n) is 3.59. The number of carbonyl (C=O) groups excluding carboxylic acids is 1. The van der Waals surface area contributed by atoms with Crippen molar-refractivity contribution in [1.29, 1.82) is 0 Å². The molecule has 0 radical (unpaired) electrons. The van der Waals surface area contributed by atoms with E-state index >= 15 is 0 Å². The lowest BCUT2D eigenvalue weighted by atomic mass is 9.84. The van der Waals surface area contributed by atoms with Crippen molar-refractivity contribution in [2.24, 2.45) is 0 Å². The summed E-state index contributed by atoms with van der Waals surface area (Å²) in [6, 6.07) is 3.63. The number of aryl methyl sites for hydroxylation is 1. The molecule has 1 atom stereocenters. The van der Waals surface area contributed by atoms with E-state index in [1.54, 1.807) is 19.3 Å². The van der Waals surface area contributed by atoms with Gasteiger partial charge in [0, 0.05) is 23.7 Å². The number of ketones is 1. The maximum Gasteiger partial charge on any atom is 0.338 e. The van der Waals surface area contributed by atoms with Crippen molar-refractivity contribution in [2.75, 3.05) is 0 Å². The number of furan rings is 1. The van der Waals surface area contributed by atoms with E-state index in [0.29, 0.717) is 23.4 Å². The monoisotopic (exact) mass is 259 g/mol. The highest BCUT2D eigenvalue weighted by Gasteiger charge is 2.34. The fraction of sp³-hybridized carbons (Fsp3) is 0.286. The summed E-state index contributed by atoms with van der Waals surface area (Å²) in [7, 11) is 0. The zero-order valence-corrected chi connectivity index (χ0v) is 10.4. The highest BCUT2D eigenvalue weighted by Crippen LogP contribution is 2.35. The molecule has 0 unspecified atom stereocenters. The predicted molar refractivity (Wildman–Crippen MR) is 66.6 cm³/mol. The van der Waals surface area contributed by atoms with Crippen LogP contribution in [0.25, 0.3) is 0 Å². The van der Waals surface area contributed by atoms with Crippen LogP contribution in [0.1, 0.15) is 50.2 Å². The molecule has 2 aromatic heterocycles. The number of carboxylic acids is 1. The first-order valence-electron chi connectivity index (χ1n) is 6.09. The Morgan fingerprint density at radius 3 is 2.89 bits per heavy atom. The standard InChI is InChI=1S/C14H13NO4/c1-7-12(14(17)18)13-9(15-7)5-8(6-10(13)16)11-3-2-4-19-11/h2-4,8,15H,5-6H2,1H3,(H,17,18)/t8-/m1/s1. The van der Waals surface area contributed by atoms with Gasteiger partial charge in [-0.1, -0.05) is 0 Å². The minimum absolute atomic E-state index is 0.0188. The largest absolute Gasteiger partial charge is 0.478 e. The van der Waals surface area contributed by atoms with Gasteiger partial charge in [0.15, 0.2) is 5.78 Å². The van der Waals surface area contributed by atoms with Gasteiger partial charge in [0.1, 0.15) is 5.76 Å². The highest BCUT2D eigenvalue weighted by atomic mass is 16.4. The summed E-state index contributed by atoms with van der Waals surface area (Å²) in [6.07, 6.45) is 2.47. The van der Waals surface area contributed by atoms with Crippen LogP contribution in [0.2, 0.25) is 0 Å². The van der Waals surface area contributed by atoms with Gasteiger partial charge in [0.25, 0.3) is 0 Å². The number of hydrogen-bond acceptors (Lipinski definition) is 3. The fourth-order valence-electron chi connectivity index (χ4n) is 2.79. The van der Waals surface area contributed by atoms with Crippen LogP contribution in [0.3, 0.4) is 0 Å². The first kappa shape index (κ1) is 11.8. The van der Waals surface area contributed by atoms with Gasteiger partial charge in [-0.05, 0) is 25.5 Å². The van der Waals surface area contributed by atoms with Gasteiger partial charge in [-0.3, -0.25) is 4.79 Å². The summed E-state index contributed by atoms with van der Waals surface area (Å²) in [5, 5.41) is 9.19. The molecule has 2 heterocycles. The molecular formula is C14H13NO4. The summed E-state index contributed by atoms with van der Waals surface area (Å²) in [4.78, 5) is 26.5. The Labute approximate surface area is 109 Å². The molecule has 0 amide bonds. The average molecular weight is 259 g/mol. The molecule has 5 nitrogen and oxygen atoms in total. The van der Waals surface area contributed by atoms with Gasteiger partial charge in [-0.25, -0.2) is 4.79 Å². The van der Waals surface area contributed by atoms with Crippen LogP contribution in [0.4, 0.5) is 0 Å². The number of nitrogens with one attached hydrogen (secondary N) is 1. The molecular weight excluding hydrogens is 246 g/mol. The first-order chi connectivity index (χ1) is 9.08. The second-order valence-electron chi connectivity index (χ2n) is 4.83. The third kappa shape index (κ3) is 1.78. The van der Waals surface area contributed by atoms with Crippen LogP contribution < -0.4 is 0 Å². The van der Waals surface area contributed by atoms with Crippen molar-refractivity contribution in [3.8, 4) is 0 Å². The van der Waals surface area contributed by atoms with Crippen LogP contribution in [-0.2, 0) is 6.42 Å². The number of fused-ring (bicyclic) bond motifs is 1. The lowest BCUT2D eigenvalue weighted by molar-refractivity contribution is 0.0690. The van der Waals surface area contributed by atoms with Crippen LogP contribution >= 0.6 is 0 Å². The van der Waals surface area contributed by atoms with E-state index in [1.807, 2.05) is 6.07 Å². The maximum atomic E-state index is 12.2. The van der Waals surface area contributed by atoms with E-state index in [4.69, 9.17) is 4.42 Å². The molecule has 1 aliphatic rings. The van der Waals surface area contributed by atoms with Crippen molar-refractivity contribution in [3.05, 3.63) is 46.7 Å². The Morgan fingerprint density at radius 1 is 1.47 bits per heavy atom. The second-order valence-corrected chi connectivity index (χ2v) is 4.83. The van der Waals surface area contributed by atoms with Gasteiger partial charge in [0.2, 0.25) is 0 Å². The van der Waals surface area contributed by atoms with Gasteiger partial charge >= 0.3 is 5.97 Å². The number of rotatable bonds is 2. The number of carboxylic acid groups (broad SMARTS) is 1. The minimum atomic E-state index is -1.06. The Balaban J connectivity index is 2.05. The predicted octanol–water partition coefficient (Wildman–Crippen LogP) is 2.53. The molecule has 1 aliphatic carbocycles. The average Bonchev–Trinajstić information content (AvgIpc) is 2.94. The third-order valence-corrected chi connectivity index (χ3v) is 3.59. The molecule has 0 saturated carbocycles. The lowest BCUT2D eigenvalue weighted by Gasteiger charge is -2.19. The molecule has 19 heavy (non-hydrogen) atoms. The maximum absolute atomic E-state index is 12.2. The second kappa shape index (κ2) is 4.12. The number of carbonyl (C=O) groups is 2. The molecule has 2 N–H and O–H groups in total. The number of aromatic carboxylic acids is 1. The molecule has 0 aliphatic heterocycles. The van der Waals surface area contributed by atoms with Crippen LogP contribution in [0.5, 0.6) is 0 Å². The van der Waals surface area contributed by atoms with Gasteiger partial charge in [-0.2, -0.15) is 0 Å². The van der Waals surface area contributed by atoms with E-state index < -0.39 is 5.97 Å². The molecule has 0 saturated heterocycles. The molecule has 0 aromatic carbocycles. The summed E-state index contributed by atoms with van der Waals surface area (Å²) in [6.45, 7) is 1.68. The first-order valence-corrected chi connectivity index (χ1v) is 6.09. The molecule has 0 fully saturated rings. The summed E-state index contributed by atoms with van der Waals surface area (Å²) in [5.41, 5.74) is 1.68. The van der Waals surface area contributed by atoms with Gasteiger partial charge in [0.05, 0.1) is 17.4 Å². The van der Waals surface area contributed by atoms with Crippen molar-refractivity contribution in [2.45, 2.75) is 25.7 Å². The smallest absolute Gasteiger partial charge is 0.338 e. The number of Topliss-reactive ketones (excluding diaryl/α,β-unsaturated/α-hetero) is 1. The molecule has 98 valence electrons. The van der Waals surface area contributed by atoms with E-state index in [-0.39, 0.29) is 23.7 Å². The van der Waals surface area contributed by atoms with Crippen molar-refractivity contribution >= 4 is 11.8 Å². The Hall–Kier alpha value is -2.30. The van der Waals surface area contributed by atoms with E-state index in [0.717, 1.165) is 5.76 Å². The van der Waals surface area contributed by atoms with Gasteiger partial charge < -0.3 is 14.5 Å². The number of hydrogen-bond donors (Lipinski definition) is 2. The van der Waals surface area contributed by atoms with Crippen LogP contribution in [0, 0.1) is 6.92 Å².